The van der Waals surface area contributed by atoms with Crippen LogP contribution in [0.15, 0.2) is 47.6 Å². The molecule has 0 atom stereocenters. The summed E-state index contributed by atoms with van der Waals surface area (Å²) < 4.78 is 5.18. The van der Waals surface area contributed by atoms with Gasteiger partial charge in [-0.15, -0.1) is 0 Å². The molecule has 2 aromatic rings. The Morgan fingerprint density at radius 2 is 1.96 bits per heavy atom. The number of hydrazone groups is 1. The third kappa shape index (κ3) is 4.28. The zero-order valence-electron chi connectivity index (χ0n) is 15.2. The largest absolute Gasteiger partial charge is 0.496 e. The van der Waals surface area contributed by atoms with Crippen molar-refractivity contribution in [2.75, 3.05) is 18.6 Å². The normalized spacial score (nSPS) is 14.4. The molecule has 2 aromatic carbocycles. The van der Waals surface area contributed by atoms with Gasteiger partial charge in [-0.05, 0) is 49.2 Å². The van der Waals surface area contributed by atoms with Crippen LogP contribution in [0.1, 0.15) is 35.7 Å². The molecule has 1 aliphatic rings. The molecule has 3 rings (SSSR count). The molecule has 1 N–H and O–H groups in total. The molecule has 0 aromatic heterocycles. The Labute approximate surface area is 162 Å². The molecule has 1 aliphatic heterocycles. The second-order valence-corrected chi connectivity index (χ2v) is 6.61. The Bertz CT molecular complexity index is 894. The van der Waals surface area contributed by atoms with Crippen molar-refractivity contribution in [1.82, 2.24) is 5.43 Å². The van der Waals surface area contributed by atoms with E-state index in [-0.39, 0.29) is 5.91 Å². The number of benzene rings is 2. The van der Waals surface area contributed by atoms with Crippen molar-refractivity contribution in [1.29, 1.82) is 0 Å². The van der Waals surface area contributed by atoms with Gasteiger partial charge in [-0.2, -0.15) is 5.10 Å². The summed E-state index contributed by atoms with van der Waals surface area (Å²) in [6.07, 6.45) is 1.49. The number of carbonyl (C=O) groups excluding carboxylic acids is 2. The number of hydrogen-bond acceptors (Lipinski definition) is 4. The van der Waals surface area contributed by atoms with Crippen molar-refractivity contribution in [2.24, 2.45) is 5.10 Å². The lowest BCUT2D eigenvalue weighted by Crippen LogP contribution is -2.23. The number of halogens is 1. The van der Waals surface area contributed by atoms with Gasteiger partial charge >= 0.3 is 0 Å². The Hall–Kier alpha value is -2.86. The maximum atomic E-state index is 12.4. The number of nitrogens with one attached hydrogen (secondary N) is 1. The maximum Gasteiger partial charge on any atom is 0.275 e. The molecule has 0 saturated carbocycles. The summed E-state index contributed by atoms with van der Waals surface area (Å²) in [7, 11) is 1.49. The topological polar surface area (TPSA) is 71.0 Å². The summed E-state index contributed by atoms with van der Waals surface area (Å²) in [4.78, 5) is 26.0. The molecule has 0 spiro atoms. The van der Waals surface area contributed by atoms with Crippen LogP contribution in [0.25, 0.3) is 0 Å². The first kappa shape index (κ1) is 18.9. The van der Waals surface area contributed by atoms with Crippen molar-refractivity contribution < 1.29 is 14.3 Å². The van der Waals surface area contributed by atoms with E-state index < -0.39 is 5.91 Å². The van der Waals surface area contributed by atoms with E-state index in [1.807, 2.05) is 24.3 Å². The minimum absolute atomic E-state index is 0.149. The van der Waals surface area contributed by atoms with E-state index in [1.54, 1.807) is 24.0 Å². The Kier molecular flexibility index (Phi) is 5.76. The number of amides is 2. The third-order valence-corrected chi connectivity index (χ3v) is 4.64. The molecule has 6 nitrogen and oxygen atoms in total. The van der Waals surface area contributed by atoms with Gasteiger partial charge in [0.25, 0.3) is 5.91 Å². The fourth-order valence-corrected chi connectivity index (χ4v) is 3.09. The van der Waals surface area contributed by atoms with Gasteiger partial charge < -0.3 is 9.64 Å². The first-order valence-corrected chi connectivity index (χ1v) is 8.96. The van der Waals surface area contributed by atoms with Gasteiger partial charge in [0.2, 0.25) is 5.91 Å². The van der Waals surface area contributed by atoms with E-state index in [1.165, 1.54) is 13.2 Å². The minimum Gasteiger partial charge on any atom is -0.496 e. The summed E-state index contributed by atoms with van der Waals surface area (Å²) in [5.41, 5.74) is 5.20. The monoisotopic (exact) mass is 385 g/mol. The molecule has 7 heteroatoms. The fourth-order valence-electron chi connectivity index (χ4n) is 2.92. The molecular formula is C20H20ClN3O3. The predicted octanol–water partition coefficient (Wildman–Crippen LogP) is 3.63. The molecular weight excluding hydrogens is 366 g/mol. The number of anilines is 1. The smallest absolute Gasteiger partial charge is 0.275 e. The number of nitrogens with zero attached hydrogens (tertiary/aromatic N) is 2. The second-order valence-electron chi connectivity index (χ2n) is 6.18. The van der Waals surface area contributed by atoms with E-state index in [2.05, 4.69) is 10.5 Å². The van der Waals surface area contributed by atoms with Crippen LogP contribution in [-0.2, 0) is 4.79 Å². The van der Waals surface area contributed by atoms with Gasteiger partial charge in [0, 0.05) is 23.7 Å². The number of hydrogen-bond donors (Lipinski definition) is 1. The summed E-state index contributed by atoms with van der Waals surface area (Å²) in [5.74, 6) is 0.160. The van der Waals surface area contributed by atoms with Crippen molar-refractivity contribution in [2.45, 2.75) is 19.8 Å². The van der Waals surface area contributed by atoms with Crippen LogP contribution in [-0.4, -0.2) is 31.2 Å². The molecule has 2 amide bonds. The summed E-state index contributed by atoms with van der Waals surface area (Å²) >= 11 is 5.96. The number of carbonyl (C=O) groups is 2. The van der Waals surface area contributed by atoms with Gasteiger partial charge in [-0.1, -0.05) is 23.7 Å². The first-order valence-electron chi connectivity index (χ1n) is 8.58. The van der Waals surface area contributed by atoms with Gasteiger partial charge in [0.1, 0.15) is 5.75 Å². The SMILES string of the molecule is COc1ccc(Cl)cc1C(=O)N/N=C(\C)c1ccc(N2CCCC2=O)cc1. The molecule has 27 heavy (non-hydrogen) atoms. The average molecular weight is 386 g/mol. The maximum absolute atomic E-state index is 12.4. The van der Waals surface area contributed by atoms with Gasteiger partial charge in [-0.25, -0.2) is 5.43 Å². The summed E-state index contributed by atoms with van der Waals surface area (Å²) in [6.45, 7) is 2.55. The van der Waals surface area contributed by atoms with Gasteiger partial charge in [0.05, 0.1) is 18.4 Å². The van der Waals surface area contributed by atoms with E-state index in [0.717, 1.165) is 24.2 Å². The quantitative estimate of drug-likeness (QED) is 0.631. The van der Waals surface area contributed by atoms with Crippen LogP contribution in [0.2, 0.25) is 5.02 Å². The van der Waals surface area contributed by atoms with E-state index in [4.69, 9.17) is 16.3 Å². The molecule has 140 valence electrons. The van der Waals surface area contributed by atoms with E-state index in [0.29, 0.717) is 28.5 Å². The average Bonchev–Trinajstić information content (AvgIpc) is 3.11. The highest BCUT2D eigenvalue weighted by molar-refractivity contribution is 6.31. The minimum atomic E-state index is -0.409. The molecule has 1 fully saturated rings. The third-order valence-electron chi connectivity index (χ3n) is 4.40. The van der Waals surface area contributed by atoms with E-state index >= 15 is 0 Å². The van der Waals surface area contributed by atoms with Crippen LogP contribution in [0.5, 0.6) is 5.75 Å². The zero-order valence-corrected chi connectivity index (χ0v) is 15.9. The summed E-state index contributed by atoms with van der Waals surface area (Å²) in [5, 5.41) is 4.59. The van der Waals surface area contributed by atoms with Gasteiger partial charge in [-0.3, -0.25) is 9.59 Å². The lowest BCUT2D eigenvalue weighted by Gasteiger charge is -2.15. The van der Waals surface area contributed by atoms with Crippen molar-refractivity contribution in [3.8, 4) is 5.75 Å². The van der Waals surface area contributed by atoms with E-state index in [9.17, 15) is 9.59 Å². The van der Waals surface area contributed by atoms with Crippen LogP contribution >= 0.6 is 11.6 Å². The highest BCUT2D eigenvalue weighted by Gasteiger charge is 2.21. The molecule has 0 bridgehead atoms. The molecule has 0 radical (unpaired) electrons. The highest BCUT2D eigenvalue weighted by Crippen LogP contribution is 2.23. The number of ether oxygens (including phenoxy) is 1. The first-order chi connectivity index (χ1) is 13.0. The Morgan fingerprint density at radius 1 is 1.22 bits per heavy atom. The lowest BCUT2D eigenvalue weighted by atomic mass is 10.1. The van der Waals surface area contributed by atoms with Crippen molar-refractivity contribution in [3.05, 3.63) is 58.6 Å². The molecule has 1 heterocycles. The molecule has 0 unspecified atom stereocenters. The van der Waals surface area contributed by atoms with Crippen LogP contribution in [0, 0.1) is 0 Å². The lowest BCUT2D eigenvalue weighted by molar-refractivity contribution is -0.117. The van der Waals surface area contributed by atoms with Crippen molar-refractivity contribution in [3.63, 3.8) is 0 Å². The van der Waals surface area contributed by atoms with Gasteiger partial charge in [0.15, 0.2) is 0 Å². The highest BCUT2D eigenvalue weighted by atomic mass is 35.5. The van der Waals surface area contributed by atoms with Crippen LogP contribution < -0.4 is 15.1 Å². The molecule has 1 saturated heterocycles. The Balaban J connectivity index is 1.71. The zero-order chi connectivity index (χ0) is 19.4. The molecule has 0 aliphatic carbocycles. The fraction of sp³-hybridized carbons (Fsp3) is 0.250. The summed E-state index contributed by atoms with van der Waals surface area (Å²) in [6, 6.07) is 12.4. The number of rotatable bonds is 5. The predicted molar refractivity (Wildman–Crippen MR) is 106 cm³/mol. The Morgan fingerprint density at radius 3 is 2.59 bits per heavy atom. The van der Waals surface area contributed by atoms with Crippen LogP contribution in [0.3, 0.4) is 0 Å². The second kappa shape index (κ2) is 8.22. The standard InChI is InChI=1S/C20H20ClN3O3/c1-13(14-5-8-16(9-6-14)24-11-3-4-19(24)25)22-23-20(26)17-12-15(21)7-10-18(17)27-2/h5-10,12H,3-4,11H2,1-2H3,(H,23,26)/b22-13+. The van der Waals surface area contributed by atoms with Crippen molar-refractivity contribution >= 4 is 34.8 Å². The van der Waals surface area contributed by atoms with Crippen LogP contribution in [0.4, 0.5) is 5.69 Å². The number of methoxy groups -OCH3 is 1.